The summed E-state index contributed by atoms with van der Waals surface area (Å²) in [5, 5.41) is 9.63. The van der Waals surface area contributed by atoms with Gasteiger partial charge in [0, 0.05) is 12.8 Å². The van der Waals surface area contributed by atoms with Gasteiger partial charge in [-0.1, -0.05) is 285 Å². The maximum atomic E-state index is 12.2. The minimum Gasteiger partial charge on any atom is -0.462 e. The number of aliphatic hydroxyl groups is 1. The first-order valence-electron chi connectivity index (χ1n) is 30.1. The van der Waals surface area contributed by atoms with E-state index >= 15 is 0 Å². The number of carbonyl (C=O) groups is 2. The minimum atomic E-state index is -0.805. The third-order valence-electron chi connectivity index (χ3n) is 13.2. The second-order valence-electron chi connectivity index (χ2n) is 20.0. The molecule has 1 N–H and O–H groups in total. The highest BCUT2D eigenvalue weighted by molar-refractivity contribution is 5.70. The van der Waals surface area contributed by atoms with Crippen LogP contribution in [0.4, 0.5) is 0 Å². The van der Waals surface area contributed by atoms with Crippen molar-refractivity contribution in [3.63, 3.8) is 0 Å². The zero-order valence-corrected chi connectivity index (χ0v) is 46.3. The highest BCUT2D eigenvalue weighted by Gasteiger charge is 2.16. The molecule has 0 aromatic carbocycles. The maximum Gasteiger partial charge on any atom is 0.306 e. The van der Waals surface area contributed by atoms with Crippen LogP contribution in [0.15, 0.2) is 85.1 Å². The van der Waals surface area contributed by atoms with Crippen molar-refractivity contribution >= 4 is 11.9 Å². The summed E-state index contributed by atoms with van der Waals surface area (Å²) in [6, 6.07) is 0. The smallest absolute Gasteiger partial charge is 0.306 e. The zero-order valence-electron chi connectivity index (χ0n) is 46.3. The number of ether oxygens (including phenoxy) is 2. The third-order valence-corrected chi connectivity index (χ3v) is 13.2. The molecule has 5 heteroatoms. The van der Waals surface area contributed by atoms with E-state index in [2.05, 4.69) is 98.9 Å². The van der Waals surface area contributed by atoms with Crippen molar-refractivity contribution in [3.8, 4) is 0 Å². The van der Waals surface area contributed by atoms with E-state index in [4.69, 9.17) is 9.47 Å². The van der Waals surface area contributed by atoms with E-state index in [1.165, 1.54) is 199 Å². The summed E-state index contributed by atoms with van der Waals surface area (Å²) in [5.41, 5.74) is 0. The summed E-state index contributed by atoms with van der Waals surface area (Å²) in [4.78, 5) is 24.5. The molecule has 0 heterocycles. The van der Waals surface area contributed by atoms with Gasteiger partial charge in [0.1, 0.15) is 6.61 Å². The normalized spacial score (nSPS) is 12.8. The summed E-state index contributed by atoms with van der Waals surface area (Å²) in [7, 11) is 0. The molecule has 0 aliphatic carbocycles. The van der Waals surface area contributed by atoms with E-state index in [1.807, 2.05) is 0 Å². The summed E-state index contributed by atoms with van der Waals surface area (Å²) < 4.78 is 10.6. The highest BCUT2D eigenvalue weighted by Crippen LogP contribution is 2.17. The zero-order chi connectivity index (χ0) is 50.6. The Morgan fingerprint density at radius 3 is 0.971 bits per heavy atom. The maximum absolute atomic E-state index is 12.2. The van der Waals surface area contributed by atoms with Crippen LogP contribution in [0, 0.1) is 0 Å². The van der Waals surface area contributed by atoms with Crippen LogP contribution in [0.2, 0.25) is 0 Å². The number of rotatable bonds is 55. The molecule has 0 fully saturated rings. The Bertz CT molecular complexity index is 1290. The Morgan fingerprint density at radius 2 is 0.629 bits per heavy atom. The summed E-state index contributed by atoms with van der Waals surface area (Å²) >= 11 is 0. The van der Waals surface area contributed by atoms with Crippen molar-refractivity contribution in [2.75, 3.05) is 13.2 Å². The van der Waals surface area contributed by atoms with Gasteiger partial charge in [-0.15, -0.1) is 0 Å². The fourth-order valence-electron chi connectivity index (χ4n) is 8.68. The second-order valence-corrected chi connectivity index (χ2v) is 20.0. The Labute approximate surface area is 435 Å². The molecule has 0 amide bonds. The van der Waals surface area contributed by atoms with E-state index in [0.717, 1.165) is 64.2 Å². The number of esters is 2. The lowest BCUT2D eigenvalue weighted by atomic mass is 10.0. The Balaban J connectivity index is 3.42. The van der Waals surface area contributed by atoms with Gasteiger partial charge in [-0.3, -0.25) is 9.59 Å². The Morgan fingerprint density at radius 1 is 0.343 bits per heavy atom. The second kappa shape index (κ2) is 60.4. The molecule has 0 radical (unpaired) electrons. The summed E-state index contributed by atoms with van der Waals surface area (Å²) in [6.45, 7) is 3.99. The van der Waals surface area contributed by atoms with E-state index in [9.17, 15) is 14.7 Å². The molecule has 0 bridgehead atoms. The lowest BCUT2D eigenvalue weighted by Crippen LogP contribution is -2.28. The standard InChI is InChI=1S/C65H114O5/c1-3-5-7-9-11-13-15-17-19-21-22-23-24-25-26-27-28-29-30-31-32-33-34-35-36-37-38-39-40-41-42-44-45-47-49-51-53-55-57-59-64(67)69-62-63(61-66)70-65(68)60-58-56-54-52-50-48-46-43-20-18-16-14-12-10-8-6-4-2/h6,8,12,14-15,17-18,20-22,46,48,52,54,63,66H,3-5,7,9-11,13,16,19,23-45,47,49-51,53,55-62H2,1-2H3/b8-6-,14-12-,17-15-,20-18-,22-21-,48-46-,54-52-. The van der Waals surface area contributed by atoms with E-state index in [0.29, 0.717) is 12.8 Å². The van der Waals surface area contributed by atoms with Crippen molar-refractivity contribution in [2.45, 2.75) is 302 Å². The Kier molecular flexibility index (Phi) is 57.9. The van der Waals surface area contributed by atoms with Gasteiger partial charge in [-0.2, -0.15) is 0 Å². The van der Waals surface area contributed by atoms with Crippen LogP contribution >= 0.6 is 0 Å². The summed E-state index contributed by atoms with van der Waals surface area (Å²) in [5.74, 6) is -0.652. The number of aliphatic hydroxyl groups excluding tert-OH is 1. The van der Waals surface area contributed by atoms with Gasteiger partial charge in [0.15, 0.2) is 6.10 Å². The van der Waals surface area contributed by atoms with Gasteiger partial charge in [0.2, 0.25) is 0 Å². The van der Waals surface area contributed by atoms with Crippen molar-refractivity contribution in [3.05, 3.63) is 85.1 Å². The number of unbranched alkanes of at least 4 members (excludes halogenated alkanes) is 33. The number of allylic oxidation sites excluding steroid dienone is 14. The molecule has 1 unspecified atom stereocenters. The van der Waals surface area contributed by atoms with Gasteiger partial charge in [0.25, 0.3) is 0 Å². The molecule has 0 spiro atoms. The predicted molar refractivity (Wildman–Crippen MR) is 306 cm³/mol. The molecular weight excluding hydrogens is 861 g/mol. The van der Waals surface area contributed by atoms with Gasteiger partial charge >= 0.3 is 11.9 Å². The predicted octanol–water partition coefficient (Wildman–Crippen LogP) is 20.5. The van der Waals surface area contributed by atoms with Crippen LogP contribution in [0.1, 0.15) is 296 Å². The largest absolute Gasteiger partial charge is 0.462 e. The van der Waals surface area contributed by atoms with Gasteiger partial charge < -0.3 is 14.6 Å². The van der Waals surface area contributed by atoms with Crippen molar-refractivity contribution < 1.29 is 24.2 Å². The van der Waals surface area contributed by atoms with Crippen LogP contribution in [0.5, 0.6) is 0 Å². The van der Waals surface area contributed by atoms with E-state index in [-0.39, 0.29) is 31.6 Å². The first-order chi connectivity index (χ1) is 34.6. The molecule has 1 atom stereocenters. The molecule has 404 valence electrons. The van der Waals surface area contributed by atoms with Crippen LogP contribution in [-0.2, 0) is 19.1 Å². The van der Waals surface area contributed by atoms with Crippen LogP contribution in [0.3, 0.4) is 0 Å². The van der Waals surface area contributed by atoms with Crippen LogP contribution < -0.4 is 0 Å². The van der Waals surface area contributed by atoms with Gasteiger partial charge in [-0.25, -0.2) is 0 Å². The highest BCUT2D eigenvalue weighted by atomic mass is 16.6. The Hall–Kier alpha value is -2.92. The van der Waals surface area contributed by atoms with Crippen LogP contribution in [0.25, 0.3) is 0 Å². The number of hydrogen-bond donors (Lipinski definition) is 1. The SMILES string of the molecule is CC/C=C\C/C=C\C/C=C\C/C=C\C/C=C\CCCC(=O)OC(CO)COC(=O)CCCCCCCCCCCCCCCCCCCCCCCCCCCCC/C=C\C/C=C\CCCCCCC. The fourth-order valence-corrected chi connectivity index (χ4v) is 8.68. The molecule has 0 rings (SSSR count). The third kappa shape index (κ3) is 57.7. The van der Waals surface area contributed by atoms with Crippen molar-refractivity contribution in [2.24, 2.45) is 0 Å². The number of hydrogen-bond acceptors (Lipinski definition) is 5. The topological polar surface area (TPSA) is 72.8 Å². The van der Waals surface area contributed by atoms with Crippen LogP contribution in [-0.4, -0.2) is 36.4 Å². The summed E-state index contributed by atoms with van der Waals surface area (Å²) in [6.07, 6.45) is 84.6. The van der Waals surface area contributed by atoms with E-state index < -0.39 is 6.10 Å². The van der Waals surface area contributed by atoms with Crippen molar-refractivity contribution in [1.29, 1.82) is 0 Å². The average molecular weight is 976 g/mol. The monoisotopic (exact) mass is 975 g/mol. The molecule has 0 aromatic rings. The van der Waals surface area contributed by atoms with Gasteiger partial charge in [0.05, 0.1) is 6.61 Å². The quantitative estimate of drug-likeness (QED) is 0.0373. The lowest BCUT2D eigenvalue weighted by Gasteiger charge is -2.15. The number of carbonyl (C=O) groups excluding carboxylic acids is 2. The lowest BCUT2D eigenvalue weighted by molar-refractivity contribution is -0.161. The molecule has 0 saturated heterocycles. The molecule has 0 aromatic heterocycles. The molecule has 5 nitrogen and oxygen atoms in total. The molecular formula is C65H114O5. The molecule has 70 heavy (non-hydrogen) atoms. The molecule has 0 aliphatic rings. The minimum absolute atomic E-state index is 0.0894. The fraction of sp³-hybridized carbons (Fsp3) is 0.754. The van der Waals surface area contributed by atoms with Gasteiger partial charge in [-0.05, 0) is 83.5 Å². The molecule has 0 aliphatic heterocycles. The van der Waals surface area contributed by atoms with E-state index in [1.54, 1.807) is 0 Å². The van der Waals surface area contributed by atoms with Crippen molar-refractivity contribution in [1.82, 2.24) is 0 Å². The molecule has 0 saturated carbocycles. The average Bonchev–Trinajstić information content (AvgIpc) is 3.36. The first-order valence-corrected chi connectivity index (χ1v) is 30.1. The first kappa shape index (κ1) is 67.1.